The van der Waals surface area contributed by atoms with Crippen molar-refractivity contribution in [1.82, 2.24) is 4.98 Å². The Bertz CT molecular complexity index is 493. The number of aliphatic hydroxyl groups excluding tert-OH is 1. The third kappa shape index (κ3) is 3.69. The summed E-state index contributed by atoms with van der Waals surface area (Å²) in [5, 5.41) is 8.92. The average Bonchev–Trinajstić information content (AvgIpc) is 2.28. The molecule has 96 valence electrons. The topological polar surface area (TPSA) is 62.5 Å². The number of nitrogens with zero attached hydrogens (tertiary/aromatic N) is 2. The first-order valence-corrected chi connectivity index (χ1v) is 4.79. The molecule has 0 fully saturated rings. The largest absolute Gasteiger partial charge is 0.504 e. The summed E-state index contributed by atoms with van der Waals surface area (Å²) in [6.07, 6.45) is -2.95. The lowest BCUT2D eigenvalue weighted by molar-refractivity contribution is -0.125. The Labute approximate surface area is 100 Å². The van der Waals surface area contributed by atoms with Gasteiger partial charge in [-0.1, -0.05) is 6.07 Å². The number of Topliss-reactive ketones (excluding diaryl/α,β-unsaturated/α-hetero) is 1. The van der Waals surface area contributed by atoms with Gasteiger partial charge in [0.1, 0.15) is 0 Å². The van der Waals surface area contributed by atoms with E-state index >= 15 is 0 Å². The molecule has 0 aliphatic heterocycles. The number of aliphatic hydroxyl groups is 1. The zero-order valence-electron chi connectivity index (χ0n) is 9.27. The van der Waals surface area contributed by atoms with Crippen LogP contribution in [0.2, 0.25) is 0 Å². The second-order valence-electron chi connectivity index (χ2n) is 3.26. The first-order valence-electron chi connectivity index (χ1n) is 4.79. The molecule has 0 aliphatic carbocycles. The summed E-state index contributed by atoms with van der Waals surface area (Å²) in [6, 6.07) is 4.63. The van der Waals surface area contributed by atoms with E-state index in [0.717, 1.165) is 6.92 Å². The standard InChI is InChI=1S/C11H9F3N2O2/c1-7(17)8(10(18)11(12,13)14)6-16-9-4-2-3-5-15-9/h2-6,18H,1H3/b10-8-,16-6+. The van der Waals surface area contributed by atoms with Crippen LogP contribution in [0, 0.1) is 0 Å². The Hall–Kier alpha value is -2.18. The van der Waals surface area contributed by atoms with Crippen LogP contribution in [0.3, 0.4) is 0 Å². The molecule has 18 heavy (non-hydrogen) atoms. The molecule has 0 spiro atoms. The van der Waals surface area contributed by atoms with Crippen LogP contribution in [0.1, 0.15) is 6.92 Å². The molecule has 1 aromatic heterocycles. The van der Waals surface area contributed by atoms with E-state index in [1.54, 1.807) is 12.1 Å². The maximum Gasteiger partial charge on any atom is 0.449 e. The number of hydrogen-bond donors (Lipinski definition) is 1. The number of allylic oxidation sites excluding steroid dienone is 2. The molecule has 0 atom stereocenters. The molecule has 0 aliphatic rings. The summed E-state index contributed by atoms with van der Waals surface area (Å²) >= 11 is 0. The van der Waals surface area contributed by atoms with Crippen LogP contribution in [-0.4, -0.2) is 28.3 Å². The van der Waals surface area contributed by atoms with Gasteiger partial charge in [-0.25, -0.2) is 9.98 Å². The molecule has 0 unspecified atom stereocenters. The van der Waals surface area contributed by atoms with Gasteiger partial charge in [-0.05, 0) is 19.1 Å². The first-order chi connectivity index (χ1) is 8.32. The Morgan fingerprint density at radius 2 is 2.11 bits per heavy atom. The minimum Gasteiger partial charge on any atom is -0.504 e. The molecule has 0 saturated carbocycles. The number of rotatable bonds is 3. The Balaban J connectivity index is 3.10. The van der Waals surface area contributed by atoms with Crippen LogP contribution in [-0.2, 0) is 4.79 Å². The number of ketones is 1. The third-order valence-corrected chi connectivity index (χ3v) is 1.88. The van der Waals surface area contributed by atoms with Gasteiger partial charge in [-0.2, -0.15) is 13.2 Å². The fourth-order valence-corrected chi connectivity index (χ4v) is 1.03. The molecule has 0 saturated heterocycles. The van der Waals surface area contributed by atoms with Gasteiger partial charge in [0.2, 0.25) is 5.76 Å². The summed E-state index contributed by atoms with van der Waals surface area (Å²) in [5.41, 5.74) is -0.909. The molecule has 0 radical (unpaired) electrons. The maximum atomic E-state index is 12.2. The van der Waals surface area contributed by atoms with E-state index in [0.29, 0.717) is 6.21 Å². The van der Waals surface area contributed by atoms with Gasteiger partial charge < -0.3 is 5.11 Å². The van der Waals surface area contributed by atoms with E-state index in [1.807, 2.05) is 0 Å². The van der Waals surface area contributed by atoms with Gasteiger partial charge >= 0.3 is 6.18 Å². The van der Waals surface area contributed by atoms with Crippen LogP contribution in [0.25, 0.3) is 0 Å². The van der Waals surface area contributed by atoms with E-state index < -0.39 is 23.3 Å². The minimum absolute atomic E-state index is 0.131. The maximum absolute atomic E-state index is 12.2. The van der Waals surface area contributed by atoms with Crippen molar-refractivity contribution < 1.29 is 23.1 Å². The normalized spacial score (nSPS) is 13.6. The number of pyridine rings is 1. The lowest BCUT2D eigenvalue weighted by Gasteiger charge is -2.07. The van der Waals surface area contributed by atoms with Crippen LogP contribution in [0.4, 0.5) is 19.0 Å². The number of halogens is 3. The highest BCUT2D eigenvalue weighted by Crippen LogP contribution is 2.26. The molecule has 0 aromatic carbocycles. The van der Waals surface area contributed by atoms with Crippen molar-refractivity contribution in [2.75, 3.05) is 0 Å². The molecule has 1 rings (SSSR count). The van der Waals surface area contributed by atoms with E-state index in [4.69, 9.17) is 5.11 Å². The predicted molar refractivity (Wildman–Crippen MR) is 58.8 cm³/mol. The summed E-state index contributed by atoms with van der Waals surface area (Å²) in [7, 11) is 0. The predicted octanol–water partition coefficient (Wildman–Crippen LogP) is 2.75. The molecule has 7 heteroatoms. The second-order valence-corrected chi connectivity index (χ2v) is 3.26. The highest BCUT2D eigenvalue weighted by atomic mass is 19.4. The second kappa shape index (κ2) is 5.44. The van der Waals surface area contributed by atoms with Crippen molar-refractivity contribution in [2.45, 2.75) is 13.1 Å². The Kier molecular flexibility index (Phi) is 4.19. The van der Waals surface area contributed by atoms with E-state index in [-0.39, 0.29) is 5.82 Å². The molecule has 1 N–H and O–H groups in total. The lowest BCUT2D eigenvalue weighted by atomic mass is 10.1. The summed E-state index contributed by atoms with van der Waals surface area (Å²) in [4.78, 5) is 18.3. The Morgan fingerprint density at radius 3 is 2.56 bits per heavy atom. The van der Waals surface area contributed by atoms with Crippen molar-refractivity contribution in [2.24, 2.45) is 4.99 Å². The van der Waals surface area contributed by atoms with Crippen molar-refractivity contribution >= 4 is 17.8 Å². The zero-order chi connectivity index (χ0) is 13.8. The number of aromatic nitrogens is 1. The number of carbonyl (C=O) groups excluding carboxylic acids is 1. The van der Waals surface area contributed by atoms with E-state index in [1.165, 1.54) is 12.3 Å². The van der Waals surface area contributed by atoms with Crippen molar-refractivity contribution in [3.8, 4) is 0 Å². The molecule has 4 nitrogen and oxygen atoms in total. The van der Waals surface area contributed by atoms with Crippen LogP contribution < -0.4 is 0 Å². The van der Waals surface area contributed by atoms with Gasteiger partial charge in [0, 0.05) is 12.4 Å². The SMILES string of the molecule is CC(=O)C(/C=N/c1ccccn1)=C(\O)C(F)(F)F. The summed E-state index contributed by atoms with van der Waals surface area (Å²) in [6.45, 7) is 0.904. The average molecular weight is 258 g/mol. The lowest BCUT2D eigenvalue weighted by Crippen LogP contribution is -2.17. The molecule has 1 heterocycles. The van der Waals surface area contributed by atoms with Crippen molar-refractivity contribution in [1.29, 1.82) is 0 Å². The van der Waals surface area contributed by atoms with Gasteiger partial charge in [-0.15, -0.1) is 0 Å². The number of carbonyl (C=O) groups is 1. The van der Waals surface area contributed by atoms with Gasteiger partial charge in [0.25, 0.3) is 0 Å². The molecular formula is C11H9F3N2O2. The van der Waals surface area contributed by atoms with Crippen molar-refractivity contribution in [3.05, 3.63) is 35.7 Å². The molecule has 1 aromatic rings. The molecule has 0 bridgehead atoms. The number of aliphatic imine (C=N–C) groups is 1. The van der Waals surface area contributed by atoms with Gasteiger partial charge in [-0.3, -0.25) is 4.79 Å². The van der Waals surface area contributed by atoms with Crippen LogP contribution >= 0.6 is 0 Å². The smallest absolute Gasteiger partial charge is 0.449 e. The monoisotopic (exact) mass is 258 g/mol. The number of alkyl halides is 3. The van der Waals surface area contributed by atoms with Crippen LogP contribution in [0.5, 0.6) is 0 Å². The highest BCUT2D eigenvalue weighted by molar-refractivity contribution is 6.13. The fraction of sp³-hybridized carbons (Fsp3) is 0.182. The van der Waals surface area contributed by atoms with Crippen molar-refractivity contribution in [3.63, 3.8) is 0 Å². The highest BCUT2D eigenvalue weighted by Gasteiger charge is 2.37. The Morgan fingerprint density at radius 1 is 1.44 bits per heavy atom. The first kappa shape index (κ1) is 13.9. The molecular weight excluding hydrogens is 249 g/mol. The quantitative estimate of drug-likeness (QED) is 0.515. The number of hydrogen-bond acceptors (Lipinski definition) is 4. The van der Waals surface area contributed by atoms with Gasteiger partial charge in [0.15, 0.2) is 11.6 Å². The van der Waals surface area contributed by atoms with E-state index in [9.17, 15) is 18.0 Å². The molecule has 0 amide bonds. The van der Waals surface area contributed by atoms with Crippen LogP contribution in [0.15, 0.2) is 40.7 Å². The fourth-order valence-electron chi connectivity index (χ4n) is 1.03. The minimum atomic E-state index is -4.99. The third-order valence-electron chi connectivity index (χ3n) is 1.88. The summed E-state index contributed by atoms with van der Waals surface area (Å²) < 4.78 is 36.7. The van der Waals surface area contributed by atoms with E-state index in [2.05, 4.69) is 9.98 Å². The zero-order valence-corrected chi connectivity index (χ0v) is 9.27. The summed E-state index contributed by atoms with van der Waals surface area (Å²) in [5.74, 6) is -2.77. The van der Waals surface area contributed by atoms with Gasteiger partial charge in [0.05, 0.1) is 5.57 Å².